The second-order valence-corrected chi connectivity index (χ2v) is 8.29. The molecule has 1 aliphatic rings. The van der Waals surface area contributed by atoms with E-state index >= 15 is 0 Å². The Balaban J connectivity index is 2.36. The van der Waals surface area contributed by atoms with E-state index in [-0.39, 0.29) is 0 Å². The third kappa shape index (κ3) is 6.47. The Hall–Kier alpha value is 0.310. The zero-order valence-corrected chi connectivity index (χ0v) is 13.9. The second kappa shape index (κ2) is 8.47. The van der Waals surface area contributed by atoms with Crippen molar-refractivity contribution in [1.82, 2.24) is 5.32 Å². The highest BCUT2D eigenvalue weighted by molar-refractivity contribution is 7.99. The average molecular weight is 272 g/mol. The summed E-state index contributed by atoms with van der Waals surface area (Å²) in [7, 11) is 0. The fourth-order valence-electron chi connectivity index (χ4n) is 3.18. The molecule has 0 spiro atoms. The predicted molar refractivity (Wildman–Crippen MR) is 85.4 cm³/mol. The molecule has 0 aromatic carbocycles. The van der Waals surface area contributed by atoms with Gasteiger partial charge in [-0.2, -0.15) is 11.8 Å². The molecule has 0 bridgehead atoms. The summed E-state index contributed by atoms with van der Waals surface area (Å²) in [6.07, 6.45) is 6.88. The molecule has 2 atom stereocenters. The standard InChI is InChI=1S/C16H33NS/c1-6-18-16-8-7-14(11-16)17-15(9-12(2)3)10-13(4)5/h12-17H,6-11H2,1-5H3. The van der Waals surface area contributed by atoms with Gasteiger partial charge in [0.1, 0.15) is 0 Å². The highest BCUT2D eigenvalue weighted by Crippen LogP contribution is 2.30. The summed E-state index contributed by atoms with van der Waals surface area (Å²) in [6, 6.07) is 1.52. The highest BCUT2D eigenvalue weighted by atomic mass is 32.2. The van der Waals surface area contributed by atoms with Crippen LogP contribution in [0.15, 0.2) is 0 Å². The Bertz CT molecular complexity index is 205. The first-order valence-corrected chi connectivity index (χ1v) is 8.93. The van der Waals surface area contributed by atoms with Crippen LogP contribution in [-0.4, -0.2) is 23.1 Å². The second-order valence-electron chi connectivity index (χ2n) is 6.71. The van der Waals surface area contributed by atoms with Crippen LogP contribution in [0.4, 0.5) is 0 Å². The van der Waals surface area contributed by atoms with Crippen LogP contribution in [0.2, 0.25) is 0 Å². The van der Waals surface area contributed by atoms with Gasteiger partial charge in [-0.1, -0.05) is 34.6 Å². The number of hydrogen-bond acceptors (Lipinski definition) is 2. The van der Waals surface area contributed by atoms with Gasteiger partial charge in [0.2, 0.25) is 0 Å². The van der Waals surface area contributed by atoms with E-state index in [9.17, 15) is 0 Å². The summed E-state index contributed by atoms with van der Waals surface area (Å²) in [5, 5.41) is 4.88. The Morgan fingerprint density at radius 2 is 1.67 bits per heavy atom. The molecule has 2 unspecified atom stereocenters. The largest absolute Gasteiger partial charge is 0.311 e. The topological polar surface area (TPSA) is 12.0 Å². The van der Waals surface area contributed by atoms with Gasteiger partial charge in [0, 0.05) is 17.3 Å². The lowest BCUT2D eigenvalue weighted by atomic mass is 9.95. The molecule has 0 aromatic rings. The van der Waals surface area contributed by atoms with Gasteiger partial charge >= 0.3 is 0 Å². The van der Waals surface area contributed by atoms with Gasteiger partial charge in [-0.3, -0.25) is 0 Å². The monoisotopic (exact) mass is 271 g/mol. The molecule has 0 radical (unpaired) electrons. The van der Waals surface area contributed by atoms with Crippen LogP contribution in [0.25, 0.3) is 0 Å². The van der Waals surface area contributed by atoms with Crippen LogP contribution in [0.1, 0.15) is 66.7 Å². The number of rotatable bonds is 8. The minimum atomic E-state index is 0.736. The molecule has 1 nitrogen and oxygen atoms in total. The van der Waals surface area contributed by atoms with Crippen LogP contribution in [0.5, 0.6) is 0 Å². The summed E-state index contributed by atoms with van der Waals surface area (Å²) in [4.78, 5) is 0. The maximum Gasteiger partial charge on any atom is 0.00805 e. The lowest BCUT2D eigenvalue weighted by Gasteiger charge is -2.26. The molecule has 18 heavy (non-hydrogen) atoms. The van der Waals surface area contributed by atoms with Crippen molar-refractivity contribution in [3.63, 3.8) is 0 Å². The lowest BCUT2D eigenvalue weighted by molar-refractivity contribution is 0.327. The molecule has 0 aromatic heterocycles. The van der Waals surface area contributed by atoms with E-state index in [0.29, 0.717) is 0 Å². The zero-order valence-electron chi connectivity index (χ0n) is 13.0. The van der Waals surface area contributed by atoms with Gasteiger partial charge in [0.15, 0.2) is 0 Å². The van der Waals surface area contributed by atoms with Gasteiger partial charge in [-0.05, 0) is 49.7 Å². The van der Waals surface area contributed by atoms with E-state index in [0.717, 1.165) is 29.2 Å². The molecule has 1 N–H and O–H groups in total. The van der Waals surface area contributed by atoms with E-state index in [1.165, 1.54) is 37.9 Å². The normalized spacial score (nSPS) is 24.7. The van der Waals surface area contributed by atoms with E-state index in [1.54, 1.807) is 0 Å². The molecule has 1 aliphatic carbocycles. The quantitative estimate of drug-likeness (QED) is 0.686. The van der Waals surface area contributed by atoms with Gasteiger partial charge < -0.3 is 5.32 Å². The van der Waals surface area contributed by atoms with Crippen molar-refractivity contribution in [2.75, 3.05) is 5.75 Å². The number of thioether (sulfide) groups is 1. The first-order valence-electron chi connectivity index (χ1n) is 7.88. The Morgan fingerprint density at radius 1 is 1.06 bits per heavy atom. The van der Waals surface area contributed by atoms with E-state index in [4.69, 9.17) is 0 Å². The SMILES string of the molecule is CCSC1CCC(NC(CC(C)C)CC(C)C)C1. The van der Waals surface area contributed by atoms with Gasteiger partial charge in [-0.25, -0.2) is 0 Å². The van der Waals surface area contributed by atoms with Crippen molar-refractivity contribution in [1.29, 1.82) is 0 Å². The van der Waals surface area contributed by atoms with Crippen molar-refractivity contribution in [2.45, 2.75) is 84.1 Å². The Kier molecular flexibility index (Phi) is 7.70. The smallest absolute Gasteiger partial charge is 0.00805 e. The molecule has 0 aliphatic heterocycles. The minimum Gasteiger partial charge on any atom is -0.311 e. The first kappa shape index (κ1) is 16.4. The van der Waals surface area contributed by atoms with E-state index < -0.39 is 0 Å². The number of nitrogens with one attached hydrogen (secondary N) is 1. The van der Waals surface area contributed by atoms with Crippen molar-refractivity contribution >= 4 is 11.8 Å². The molecule has 0 saturated heterocycles. The molecular formula is C16H33NS. The van der Waals surface area contributed by atoms with E-state index in [2.05, 4.69) is 51.7 Å². The van der Waals surface area contributed by atoms with Crippen molar-refractivity contribution in [3.05, 3.63) is 0 Å². The van der Waals surface area contributed by atoms with Crippen LogP contribution < -0.4 is 5.32 Å². The fraction of sp³-hybridized carbons (Fsp3) is 1.00. The summed E-state index contributed by atoms with van der Waals surface area (Å²) in [5.74, 6) is 2.89. The molecule has 2 heteroatoms. The summed E-state index contributed by atoms with van der Waals surface area (Å²) in [6.45, 7) is 11.7. The maximum absolute atomic E-state index is 3.95. The van der Waals surface area contributed by atoms with Gasteiger partial charge in [-0.15, -0.1) is 0 Å². The fourth-order valence-corrected chi connectivity index (χ4v) is 4.32. The van der Waals surface area contributed by atoms with Crippen LogP contribution in [0.3, 0.4) is 0 Å². The predicted octanol–water partition coefficient (Wildman–Crippen LogP) is 4.71. The Labute approximate surface area is 119 Å². The van der Waals surface area contributed by atoms with Gasteiger partial charge in [0.25, 0.3) is 0 Å². The first-order chi connectivity index (χ1) is 8.51. The third-order valence-electron chi connectivity index (χ3n) is 3.77. The molecule has 1 fully saturated rings. The zero-order chi connectivity index (χ0) is 13.5. The van der Waals surface area contributed by atoms with Crippen LogP contribution in [-0.2, 0) is 0 Å². The average Bonchev–Trinajstić information content (AvgIpc) is 2.64. The lowest BCUT2D eigenvalue weighted by Crippen LogP contribution is -2.38. The summed E-state index contributed by atoms with van der Waals surface area (Å²) >= 11 is 2.16. The van der Waals surface area contributed by atoms with Crippen LogP contribution in [0, 0.1) is 11.8 Å². The molecule has 1 saturated carbocycles. The van der Waals surface area contributed by atoms with Gasteiger partial charge in [0.05, 0.1) is 0 Å². The summed E-state index contributed by atoms with van der Waals surface area (Å²) < 4.78 is 0. The van der Waals surface area contributed by atoms with Crippen LogP contribution >= 0.6 is 11.8 Å². The van der Waals surface area contributed by atoms with Crippen molar-refractivity contribution < 1.29 is 0 Å². The molecular weight excluding hydrogens is 238 g/mol. The Morgan fingerprint density at radius 3 is 2.17 bits per heavy atom. The maximum atomic E-state index is 3.95. The summed E-state index contributed by atoms with van der Waals surface area (Å²) in [5.41, 5.74) is 0. The number of hydrogen-bond donors (Lipinski definition) is 1. The molecule has 0 heterocycles. The third-order valence-corrected chi connectivity index (χ3v) is 5.00. The molecule has 108 valence electrons. The molecule has 0 amide bonds. The minimum absolute atomic E-state index is 0.736. The highest BCUT2D eigenvalue weighted by Gasteiger charge is 2.26. The van der Waals surface area contributed by atoms with Crippen molar-refractivity contribution in [2.24, 2.45) is 11.8 Å². The molecule has 1 rings (SSSR count). The van der Waals surface area contributed by atoms with E-state index in [1.807, 2.05) is 0 Å². The van der Waals surface area contributed by atoms with Crippen molar-refractivity contribution in [3.8, 4) is 0 Å².